The van der Waals surface area contributed by atoms with E-state index >= 15 is 0 Å². The lowest BCUT2D eigenvalue weighted by molar-refractivity contribution is -0.118. The van der Waals surface area contributed by atoms with Gasteiger partial charge in [-0.05, 0) is 83.2 Å². The summed E-state index contributed by atoms with van der Waals surface area (Å²) in [6, 6.07) is 21.6. The highest BCUT2D eigenvalue weighted by Crippen LogP contribution is 2.32. The van der Waals surface area contributed by atoms with E-state index in [2.05, 4.69) is 49.3 Å². The lowest BCUT2D eigenvalue weighted by atomic mass is 10.1. The Kier molecular flexibility index (Phi) is 8.34. The van der Waals surface area contributed by atoms with Gasteiger partial charge in [-0.1, -0.05) is 46.3 Å². The summed E-state index contributed by atoms with van der Waals surface area (Å²) in [4.78, 5) is 12.2. The number of nitrogens with one attached hydrogen (secondary N) is 1. The number of ether oxygens (including phenoxy) is 2. The minimum absolute atomic E-state index is 0.0706. The van der Waals surface area contributed by atoms with Crippen molar-refractivity contribution < 1.29 is 14.3 Å². The molecule has 0 saturated heterocycles. The number of anilines is 1. The molecule has 156 valence electrons. The van der Waals surface area contributed by atoms with Gasteiger partial charge in [0.15, 0.2) is 6.61 Å². The van der Waals surface area contributed by atoms with Crippen LogP contribution < -0.4 is 14.8 Å². The van der Waals surface area contributed by atoms with E-state index in [-0.39, 0.29) is 12.5 Å². The van der Waals surface area contributed by atoms with E-state index in [1.807, 2.05) is 61.5 Å². The van der Waals surface area contributed by atoms with Crippen molar-refractivity contribution in [1.82, 2.24) is 0 Å². The fraction of sp³-hybridized carbons (Fsp3) is 0.208. The molecule has 0 saturated carbocycles. The minimum Gasteiger partial charge on any atom is -0.494 e. The molecule has 0 aliphatic heterocycles. The summed E-state index contributed by atoms with van der Waals surface area (Å²) >= 11 is 6.89. The van der Waals surface area contributed by atoms with Crippen molar-refractivity contribution in [3.63, 3.8) is 0 Å². The number of halogens is 2. The van der Waals surface area contributed by atoms with Crippen LogP contribution in [0.1, 0.15) is 17.5 Å². The van der Waals surface area contributed by atoms with Crippen LogP contribution in [0.25, 0.3) is 0 Å². The summed E-state index contributed by atoms with van der Waals surface area (Å²) in [5.41, 5.74) is 2.95. The predicted molar refractivity (Wildman–Crippen MR) is 127 cm³/mol. The Morgan fingerprint density at radius 1 is 0.967 bits per heavy atom. The van der Waals surface area contributed by atoms with E-state index in [0.717, 1.165) is 33.1 Å². The molecular weight excluding hydrogens is 510 g/mol. The van der Waals surface area contributed by atoms with Crippen LogP contribution in [0.5, 0.6) is 11.5 Å². The molecule has 3 aromatic carbocycles. The third-order valence-electron chi connectivity index (χ3n) is 4.40. The maximum atomic E-state index is 12.2. The van der Waals surface area contributed by atoms with Gasteiger partial charge in [0, 0.05) is 10.2 Å². The molecule has 0 bridgehead atoms. The van der Waals surface area contributed by atoms with Crippen LogP contribution in [0.2, 0.25) is 0 Å². The maximum absolute atomic E-state index is 12.2. The average Bonchev–Trinajstić information content (AvgIpc) is 2.72. The molecule has 3 aromatic rings. The van der Waals surface area contributed by atoms with Crippen LogP contribution in [0, 0.1) is 6.92 Å². The maximum Gasteiger partial charge on any atom is 0.262 e. The van der Waals surface area contributed by atoms with Crippen LogP contribution in [0.4, 0.5) is 5.69 Å². The molecule has 0 radical (unpaired) electrons. The SMILES string of the molecule is Cc1cc(Br)cc(Br)c1OCC(=O)Nc1ccc(OCCCc2ccccc2)cc1. The number of benzene rings is 3. The monoisotopic (exact) mass is 531 g/mol. The fourth-order valence-electron chi connectivity index (χ4n) is 2.95. The molecule has 3 rings (SSSR count). The summed E-state index contributed by atoms with van der Waals surface area (Å²) in [5.74, 6) is 1.22. The molecule has 0 spiro atoms. The van der Waals surface area contributed by atoms with Crippen molar-refractivity contribution in [3.05, 3.63) is 86.8 Å². The number of carbonyl (C=O) groups is 1. The van der Waals surface area contributed by atoms with Crippen LogP contribution in [0.3, 0.4) is 0 Å². The van der Waals surface area contributed by atoms with Crippen molar-refractivity contribution in [1.29, 1.82) is 0 Å². The Morgan fingerprint density at radius 2 is 1.70 bits per heavy atom. The van der Waals surface area contributed by atoms with Gasteiger partial charge in [-0.3, -0.25) is 4.79 Å². The second kappa shape index (κ2) is 11.2. The fourth-order valence-corrected chi connectivity index (χ4v) is 4.51. The zero-order chi connectivity index (χ0) is 21.3. The van der Waals surface area contributed by atoms with Gasteiger partial charge in [-0.2, -0.15) is 0 Å². The second-order valence-corrected chi connectivity index (χ2v) is 8.60. The van der Waals surface area contributed by atoms with Gasteiger partial charge in [0.1, 0.15) is 11.5 Å². The normalized spacial score (nSPS) is 10.5. The number of hydrogen-bond acceptors (Lipinski definition) is 3. The first kappa shape index (κ1) is 22.4. The topological polar surface area (TPSA) is 47.6 Å². The minimum atomic E-state index is -0.222. The van der Waals surface area contributed by atoms with E-state index in [0.29, 0.717) is 18.0 Å². The molecule has 0 unspecified atom stereocenters. The highest BCUT2D eigenvalue weighted by Gasteiger charge is 2.10. The Balaban J connectivity index is 1.42. The summed E-state index contributed by atoms with van der Waals surface area (Å²) in [6.45, 7) is 2.51. The third-order valence-corrected chi connectivity index (χ3v) is 5.45. The first-order valence-electron chi connectivity index (χ1n) is 9.66. The highest BCUT2D eigenvalue weighted by molar-refractivity contribution is 9.11. The molecule has 0 aliphatic rings. The number of amides is 1. The standard InChI is InChI=1S/C24H23Br2NO3/c1-17-14-19(25)15-22(26)24(17)30-16-23(28)27-20-9-11-21(12-10-20)29-13-5-8-18-6-3-2-4-7-18/h2-4,6-7,9-12,14-15H,5,8,13,16H2,1H3,(H,27,28). The molecule has 1 N–H and O–H groups in total. The molecule has 1 amide bonds. The number of rotatable bonds is 9. The van der Waals surface area contributed by atoms with E-state index in [4.69, 9.17) is 9.47 Å². The smallest absolute Gasteiger partial charge is 0.262 e. The molecule has 0 fully saturated rings. The molecule has 0 aliphatic carbocycles. The van der Waals surface area contributed by atoms with Crippen LogP contribution in [-0.2, 0) is 11.2 Å². The predicted octanol–water partition coefficient (Wildman–Crippen LogP) is 6.55. The van der Waals surface area contributed by atoms with Gasteiger partial charge in [0.05, 0.1) is 11.1 Å². The van der Waals surface area contributed by atoms with Crippen molar-refractivity contribution in [2.45, 2.75) is 19.8 Å². The molecule has 0 heterocycles. The quantitative estimate of drug-likeness (QED) is 0.318. The Bertz CT molecular complexity index is 952. The highest BCUT2D eigenvalue weighted by atomic mass is 79.9. The van der Waals surface area contributed by atoms with Gasteiger partial charge in [-0.25, -0.2) is 0 Å². The van der Waals surface area contributed by atoms with Crippen LogP contribution >= 0.6 is 31.9 Å². The Morgan fingerprint density at radius 3 is 2.40 bits per heavy atom. The number of carbonyl (C=O) groups excluding carboxylic acids is 1. The summed E-state index contributed by atoms with van der Waals surface area (Å²) in [5, 5.41) is 2.83. The first-order valence-corrected chi connectivity index (χ1v) is 11.2. The van der Waals surface area contributed by atoms with Crippen molar-refractivity contribution >= 4 is 43.5 Å². The first-order chi connectivity index (χ1) is 14.5. The second-order valence-electron chi connectivity index (χ2n) is 6.83. The average molecular weight is 533 g/mol. The van der Waals surface area contributed by atoms with Gasteiger partial charge >= 0.3 is 0 Å². The van der Waals surface area contributed by atoms with E-state index in [1.54, 1.807) is 0 Å². The zero-order valence-electron chi connectivity index (χ0n) is 16.7. The van der Waals surface area contributed by atoms with Crippen LogP contribution in [-0.4, -0.2) is 19.1 Å². The van der Waals surface area contributed by atoms with Crippen LogP contribution in [0.15, 0.2) is 75.7 Å². The summed E-state index contributed by atoms with van der Waals surface area (Å²) in [7, 11) is 0. The number of hydrogen-bond donors (Lipinski definition) is 1. The lowest BCUT2D eigenvalue weighted by Gasteiger charge is -2.12. The van der Waals surface area contributed by atoms with E-state index in [1.165, 1.54) is 5.56 Å². The van der Waals surface area contributed by atoms with Crippen molar-refractivity contribution in [2.75, 3.05) is 18.5 Å². The lowest BCUT2D eigenvalue weighted by Crippen LogP contribution is -2.20. The van der Waals surface area contributed by atoms with E-state index in [9.17, 15) is 4.79 Å². The largest absolute Gasteiger partial charge is 0.494 e. The number of aryl methyl sites for hydroxylation is 2. The van der Waals surface area contributed by atoms with Gasteiger partial charge in [-0.15, -0.1) is 0 Å². The summed E-state index contributed by atoms with van der Waals surface area (Å²) < 4.78 is 13.2. The molecule has 30 heavy (non-hydrogen) atoms. The molecule has 0 aromatic heterocycles. The van der Waals surface area contributed by atoms with Gasteiger partial charge in [0.25, 0.3) is 5.91 Å². The van der Waals surface area contributed by atoms with Crippen molar-refractivity contribution in [3.8, 4) is 11.5 Å². The Hall–Kier alpha value is -2.31. The molecule has 4 nitrogen and oxygen atoms in total. The summed E-state index contributed by atoms with van der Waals surface area (Å²) in [6.07, 6.45) is 1.94. The molecular formula is C24H23Br2NO3. The zero-order valence-corrected chi connectivity index (χ0v) is 19.8. The van der Waals surface area contributed by atoms with Gasteiger partial charge in [0.2, 0.25) is 0 Å². The molecule has 6 heteroatoms. The van der Waals surface area contributed by atoms with Gasteiger partial charge < -0.3 is 14.8 Å². The van der Waals surface area contributed by atoms with E-state index < -0.39 is 0 Å². The van der Waals surface area contributed by atoms with Crippen molar-refractivity contribution in [2.24, 2.45) is 0 Å². The Labute approximate surface area is 193 Å². The molecule has 0 atom stereocenters. The third kappa shape index (κ3) is 6.89.